The summed E-state index contributed by atoms with van der Waals surface area (Å²) in [4.78, 5) is 24.1. The second-order valence-electron chi connectivity index (χ2n) is 6.57. The molecular formula is C17H20ClNO3. The average molecular weight is 322 g/mol. The van der Waals surface area contributed by atoms with Crippen molar-refractivity contribution in [2.24, 2.45) is 5.41 Å². The molecule has 22 heavy (non-hydrogen) atoms. The van der Waals surface area contributed by atoms with E-state index in [1.54, 1.807) is 6.07 Å². The molecule has 1 amide bonds. The Balaban J connectivity index is 1.79. The summed E-state index contributed by atoms with van der Waals surface area (Å²) in [6, 6.07) is 7.47. The van der Waals surface area contributed by atoms with Gasteiger partial charge in [-0.15, -0.1) is 0 Å². The minimum atomic E-state index is -0.809. The van der Waals surface area contributed by atoms with Gasteiger partial charge in [0.2, 0.25) is 5.91 Å². The van der Waals surface area contributed by atoms with Gasteiger partial charge in [0, 0.05) is 11.6 Å². The van der Waals surface area contributed by atoms with Crippen LogP contribution in [0.1, 0.15) is 44.1 Å². The van der Waals surface area contributed by atoms with Crippen molar-refractivity contribution in [3.8, 4) is 0 Å². The van der Waals surface area contributed by atoms with Crippen molar-refractivity contribution in [3.05, 3.63) is 34.9 Å². The zero-order valence-corrected chi connectivity index (χ0v) is 13.2. The van der Waals surface area contributed by atoms with Gasteiger partial charge in [0.05, 0.1) is 10.8 Å². The Morgan fingerprint density at radius 1 is 1.18 bits per heavy atom. The van der Waals surface area contributed by atoms with Crippen LogP contribution in [0.2, 0.25) is 5.02 Å². The minimum absolute atomic E-state index is 0.0557. The molecule has 0 spiro atoms. The van der Waals surface area contributed by atoms with Gasteiger partial charge in [-0.1, -0.05) is 36.6 Å². The zero-order valence-electron chi connectivity index (χ0n) is 12.4. The predicted molar refractivity (Wildman–Crippen MR) is 83.9 cm³/mol. The van der Waals surface area contributed by atoms with Gasteiger partial charge in [0.1, 0.15) is 0 Å². The number of carboxylic acids is 1. The highest BCUT2D eigenvalue weighted by molar-refractivity contribution is 6.30. The fourth-order valence-corrected chi connectivity index (χ4v) is 3.64. The van der Waals surface area contributed by atoms with Crippen LogP contribution < -0.4 is 5.32 Å². The monoisotopic (exact) mass is 321 g/mol. The van der Waals surface area contributed by atoms with E-state index in [1.807, 2.05) is 18.2 Å². The lowest BCUT2D eigenvalue weighted by atomic mass is 9.78. The van der Waals surface area contributed by atoms with Crippen LogP contribution in [-0.4, -0.2) is 23.5 Å². The first-order chi connectivity index (χ1) is 10.5. The van der Waals surface area contributed by atoms with Gasteiger partial charge in [-0.05, 0) is 43.4 Å². The Morgan fingerprint density at radius 2 is 1.86 bits per heavy atom. The number of benzene rings is 1. The van der Waals surface area contributed by atoms with Crippen molar-refractivity contribution >= 4 is 23.5 Å². The molecule has 2 N–H and O–H groups in total. The largest absolute Gasteiger partial charge is 0.481 e. The molecule has 0 aliphatic heterocycles. The smallest absolute Gasteiger partial charge is 0.311 e. The van der Waals surface area contributed by atoms with E-state index in [1.165, 1.54) is 0 Å². The lowest BCUT2D eigenvalue weighted by Gasteiger charge is -2.29. The Hall–Kier alpha value is -1.55. The first-order valence-electron chi connectivity index (χ1n) is 7.76. The van der Waals surface area contributed by atoms with Crippen LogP contribution in [0.3, 0.4) is 0 Å². The molecular weight excluding hydrogens is 302 g/mol. The normalized spacial score (nSPS) is 21.3. The molecule has 0 unspecified atom stereocenters. The molecule has 0 aromatic heterocycles. The van der Waals surface area contributed by atoms with E-state index in [0.29, 0.717) is 17.9 Å². The molecule has 2 aliphatic carbocycles. The number of carboxylic acid groups (broad SMARTS) is 1. The van der Waals surface area contributed by atoms with Crippen LogP contribution >= 0.6 is 11.6 Å². The van der Waals surface area contributed by atoms with Gasteiger partial charge in [0.25, 0.3) is 0 Å². The summed E-state index contributed by atoms with van der Waals surface area (Å²) in [5.74, 6) is -0.865. The molecule has 0 radical (unpaired) electrons. The van der Waals surface area contributed by atoms with E-state index >= 15 is 0 Å². The lowest BCUT2D eigenvalue weighted by Crippen LogP contribution is -2.45. The average Bonchev–Trinajstić information content (AvgIpc) is 3.13. The molecule has 1 aromatic rings. The van der Waals surface area contributed by atoms with E-state index in [9.17, 15) is 14.7 Å². The highest BCUT2D eigenvalue weighted by Gasteiger charge is 2.51. The SMILES string of the molecule is O=C(O)C1(CNC(=O)C2(c3cccc(Cl)c3)CCCC2)CC1. The molecule has 0 heterocycles. The van der Waals surface area contributed by atoms with E-state index in [0.717, 1.165) is 31.2 Å². The van der Waals surface area contributed by atoms with Crippen LogP contribution in [0.4, 0.5) is 0 Å². The van der Waals surface area contributed by atoms with Gasteiger partial charge in [0.15, 0.2) is 0 Å². The summed E-state index contributed by atoms with van der Waals surface area (Å²) in [6.07, 6.45) is 4.88. The third-order valence-corrected chi connectivity index (χ3v) is 5.40. The van der Waals surface area contributed by atoms with Crippen molar-refractivity contribution < 1.29 is 14.7 Å². The number of hydrogen-bond donors (Lipinski definition) is 2. The Bertz CT molecular complexity index is 604. The Kier molecular flexibility index (Phi) is 3.89. The summed E-state index contributed by atoms with van der Waals surface area (Å²) in [7, 11) is 0. The Labute approximate surface area is 134 Å². The van der Waals surface area contributed by atoms with Crippen molar-refractivity contribution in [2.75, 3.05) is 6.54 Å². The van der Waals surface area contributed by atoms with Crippen molar-refractivity contribution in [3.63, 3.8) is 0 Å². The molecule has 118 valence electrons. The number of hydrogen-bond acceptors (Lipinski definition) is 2. The molecule has 0 atom stereocenters. The van der Waals surface area contributed by atoms with E-state index in [2.05, 4.69) is 5.32 Å². The van der Waals surface area contributed by atoms with Crippen LogP contribution in [0.5, 0.6) is 0 Å². The van der Waals surface area contributed by atoms with E-state index in [-0.39, 0.29) is 12.5 Å². The molecule has 2 aliphatic rings. The second-order valence-corrected chi connectivity index (χ2v) is 7.00. The molecule has 2 fully saturated rings. The maximum atomic E-state index is 12.8. The molecule has 3 rings (SSSR count). The number of carbonyl (C=O) groups excluding carboxylic acids is 1. The zero-order chi connectivity index (χ0) is 15.8. The minimum Gasteiger partial charge on any atom is -0.481 e. The van der Waals surface area contributed by atoms with Crippen LogP contribution in [0.25, 0.3) is 0 Å². The molecule has 0 saturated heterocycles. The standard InChI is InChI=1S/C17H20ClNO3/c18-13-5-3-4-12(10-13)17(6-1-2-7-17)14(20)19-11-16(8-9-16)15(21)22/h3-5,10H,1-2,6-9,11H2,(H,19,20)(H,21,22). The molecule has 4 nitrogen and oxygen atoms in total. The Morgan fingerprint density at radius 3 is 2.41 bits per heavy atom. The summed E-state index contributed by atoms with van der Waals surface area (Å²) in [5, 5.41) is 12.8. The van der Waals surface area contributed by atoms with Crippen LogP contribution in [-0.2, 0) is 15.0 Å². The number of nitrogens with one attached hydrogen (secondary N) is 1. The third-order valence-electron chi connectivity index (χ3n) is 5.16. The summed E-state index contributed by atoms with van der Waals surface area (Å²) in [6.45, 7) is 0.226. The van der Waals surface area contributed by atoms with Gasteiger partial charge in [-0.25, -0.2) is 0 Å². The molecule has 2 saturated carbocycles. The summed E-state index contributed by atoms with van der Waals surface area (Å²) >= 11 is 6.08. The van der Waals surface area contributed by atoms with Crippen molar-refractivity contribution in [1.82, 2.24) is 5.32 Å². The number of aliphatic carboxylic acids is 1. The van der Waals surface area contributed by atoms with Crippen molar-refractivity contribution in [2.45, 2.75) is 43.9 Å². The summed E-state index contributed by atoms with van der Waals surface area (Å²) < 4.78 is 0. The highest BCUT2D eigenvalue weighted by atomic mass is 35.5. The fraction of sp³-hybridized carbons (Fsp3) is 0.529. The number of halogens is 1. The number of carbonyl (C=O) groups is 2. The topological polar surface area (TPSA) is 66.4 Å². The number of rotatable bonds is 5. The quantitative estimate of drug-likeness (QED) is 0.875. The predicted octanol–water partition coefficient (Wildman–Crippen LogP) is 3.13. The highest BCUT2D eigenvalue weighted by Crippen LogP contribution is 2.46. The lowest BCUT2D eigenvalue weighted by molar-refractivity contribution is -0.143. The van der Waals surface area contributed by atoms with E-state index < -0.39 is 16.8 Å². The first-order valence-corrected chi connectivity index (χ1v) is 8.14. The van der Waals surface area contributed by atoms with Crippen LogP contribution in [0, 0.1) is 5.41 Å². The van der Waals surface area contributed by atoms with Crippen LogP contribution in [0.15, 0.2) is 24.3 Å². The van der Waals surface area contributed by atoms with Gasteiger partial charge in [-0.2, -0.15) is 0 Å². The molecule has 1 aromatic carbocycles. The van der Waals surface area contributed by atoms with Crippen molar-refractivity contribution in [1.29, 1.82) is 0 Å². The molecule has 0 bridgehead atoms. The van der Waals surface area contributed by atoms with Gasteiger partial charge >= 0.3 is 5.97 Å². The second kappa shape index (κ2) is 5.58. The maximum absolute atomic E-state index is 12.8. The van der Waals surface area contributed by atoms with Gasteiger partial charge in [-0.3, -0.25) is 9.59 Å². The summed E-state index contributed by atoms with van der Waals surface area (Å²) in [5.41, 5.74) is -0.348. The fourth-order valence-electron chi connectivity index (χ4n) is 3.45. The third kappa shape index (κ3) is 2.60. The number of amides is 1. The van der Waals surface area contributed by atoms with E-state index in [4.69, 9.17) is 11.6 Å². The van der Waals surface area contributed by atoms with Gasteiger partial charge < -0.3 is 10.4 Å². The maximum Gasteiger partial charge on any atom is 0.311 e. The first kappa shape index (κ1) is 15.3. The molecule has 5 heteroatoms.